The first kappa shape index (κ1) is 32.3. The highest BCUT2D eigenvalue weighted by Crippen LogP contribution is 2.38. The van der Waals surface area contributed by atoms with Gasteiger partial charge in [0, 0.05) is 27.1 Å². The Labute approximate surface area is 234 Å². The summed E-state index contributed by atoms with van der Waals surface area (Å²) in [5, 5.41) is 8.85. The minimum absolute atomic E-state index is 0.0741. The van der Waals surface area contributed by atoms with Crippen molar-refractivity contribution in [3.05, 3.63) is 22.1 Å². The predicted octanol–water partition coefficient (Wildman–Crippen LogP) is 6.10. The van der Waals surface area contributed by atoms with Gasteiger partial charge in [0.05, 0.1) is 10.5 Å². The molecule has 9 nitrogen and oxygen atoms in total. The number of carbonyl (C=O) groups excluding carboxylic acids is 3. The summed E-state index contributed by atoms with van der Waals surface area (Å²) in [4.78, 5) is 39.5. The number of hydrogen-bond acceptors (Lipinski definition) is 8. The SMILES string of the molecule is CO[C@H](C(=O)N1C(=O)OC(C)(C)[C@@H]1C(C)C)[C@H](OC(C)=O)c1cc(Br)c(CCCCCCCCCCO)o1. The molecule has 0 radical (unpaired) electrons. The van der Waals surface area contributed by atoms with E-state index in [0.717, 1.165) is 54.3 Å². The Balaban J connectivity index is 2.13. The number of aryl methyl sites for hydroxylation is 1. The molecule has 216 valence electrons. The number of ether oxygens (including phenoxy) is 3. The third-order valence-electron chi connectivity index (χ3n) is 6.84. The van der Waals surface area contributed by atoms with Gasteiger partial charge in [-0.3, -0.25) is 9.59 Å². The van der Waals surface area contributed by atoms with E-state index in [9.17, 15) is 14.4 Å². The molecule has 1 N–H and O–H groups in total. The monoisotopic (exact) mass is 601 g/mol. The number of halogens is 1. The molecule has 1 fully saturated rings. The third-order valence-corrected chi connectivity index (χ3v) is 7.51. The second kappa shape index (κ2) is 15.0. The molecule has 1 aliphatic heterocycles. The maximum absolute atomic E-state index is 13.7. The van der Waals surface area contributed by atoms with Gasteiger partial charge >= 0.3 is 12.1 Å². The van der Waals surface area contributed by atoms with Gasteiger partial charge in [-0.05, 0) is 54.6 Å². The molecule has 3 atom stereocenters. The smallest absolute Gasteiger partial charge is 0.417 e. The highest BCUT2D eigenvalue weighted by Gasteiger charge is 2.54. The zero-order valence-corrected chi connectivity index (χ0v) is 25.2. The molecule has 0 saturated carbocycles. The fraction of sp³-hybridized carbons (Fsp3) is 0.750. The second-order valence-electron chi connectivity index (χ2n) is 10.8. The van der Waals surface area contributed by atoms with Crippen LogP contribution in [0.5, 0.6) is 0 Å². The number of unbranched alkanes of at least 4 members (excludes halogenated alkanes) is 7. The first-order valence-electron chi connectivity index (χ1n) is 13.6. The molecule has 2 amide bonds. The van der Waals surface area contributed by atoms with Crippen molar-refractivity contribution in [1.82, 2.24) is 4.90 Å². The Morgan fingerprint density at radius 3 is 2.21 bits per heavy atom. The molecule has 10 heteroatoms. The van der Waals surface area contributed by atoms with Crippen LogP contribution in [0.15, 0.2) is 15.0 Å². The minimum Gasteiger partial charge on any atom is -0.461 e. The Morgan fingerprint density at radius 1 is 1.11 bits per heavy atom. The predicted molar refractivity (Wildman–Crippen MR) is 145 cm³/mol. The van der Waals surface area contributed by atoms with Crippen molar-refractivity contribution < 1.29 is 38.1 Å². The number of nitrogens with zero attached hydrogens (tertiary/aromatic N) is 1. The molecular formula is C28H44BrNO8. The Kier molecular flexibility index (Phi) is 12.8. The molecule has 38 heavy (non-hydrogen) atoms. The standard InChI is InChI=1S/C28H44BrNO8/c1-18(2)25-28(4,5)38-27(34)30(25)26(33)24(35-6)23(36-19(3)32)22-17-20(29)21(37-22)15-13-11-9-7-8-10-12-14-16-31/h17-18,23-25,31H,7-16H2,1-6H3/t23-,24+,25+/m1/s1. The number of amides is 2. The number of rotatable bonds is 16. The second-order valence-corrected chi connectivity index (χ2v) is 11.6. The molecule has 0 aliphatic carbocycles. The first-order chi connectivity index (χ1) is 17.9. The lowest BCUT2D eigenvalue weighted by Gasteiger charge is -2.33. The molecule has 0 spiro atoms. The summed E-state index contributed by atoms with van der Waals surface area (Å²) in [6, 6.07) is 1.17. The van der Waals surface area contributed by atoms with Crippen LogP contribution in [-0.2, 0) is 30.2 Å². The van der Waals surface area contributed by atoms with Crippen molar-refractivity contribution >= 4 is 33.9 Å². The van der Waals surface area contributed by atoms with Crippen LogP contribution in [0, 0.1) is 5.92 Å². The minimum atomic E-state index is -1.31. The van der Waals surface area contributed by atoms with E-state index >= 15 is 0 Å². The molecule has 0 bridgehead atoms. The average Bonchev–Trinajstić information content (AvgIpc) is 3.31. The summed E-state index contributed by atoms with van der Waals surface area (Å²) < 4.78 is 23.3. The summed E-state index contributed by atoms with van der Waals surface area (Å²) in [6.07, 6.45) is 5.98. The summed E-state index contributed by atoms with van der Waals surface area (Å²) in [5.74, 6) is -0.373. The topological polar surface area (TPSA) is 116 Å². The van der Waals surface area contributed by atoms with Crippen molar-refractivity contribution in [2.45, 2.75) is 116 Å². The Bertz CT molecular complexity index is 928. The van der Waals surface area contributed by atoms with Crippen LogP contribution in [0.2, 0.25) is 0 Å². The number of imide groups is 1. The molecule has 0 aromatic carbocycles. The molecule has 1 aromatic rings. The summed E-state index contributed by atoms with van der Waals surface area (Å²) in [7, 11) is 1.33. The van der Waals surface area contributed by atoms with Gasteiger partial charge in [-0.15, -0.1) is 0 Å². The largest absolute Gasteiger partial charge is 0.461 e. The van der Waals surface area contributed by atoms with Gasteiger partial charge in [-0.1, -0.05) is 52.4 Å². The zero-order chi connectivity index (χ0) is 28.5. The van der Waals surface area contributed by atoms with Crippen molar-refractivity contribution in [3.8, 4) is 0 Å². The highest BCUT2D eigenvalue weighted by atomic mass is 79.9. The van der Waals surface area contributed by atoms with E-state index in [1.54, 1.807) is 19.9 Å². The normalized spacial score (nSPS) is 18.5. The lowest BCUT2D eigenvalue weighted by Crippen LogP contribution is -2.52. The number of furan rings is 1. The molecule has 0 unspecified atom stereocenters. The van der Waals surface area contributed by atoms with Crippen LogP contribution in [0.3, 0.4) is 0 Å². The maximum atomic E-state index is 13.7. The van der Waals surface area contributed by atoms with Gasteiger partial charge in [-0.25, -0.2) is 9.69 Å². The van der Waals surface area contributed by atoms with E-state index in [0.29, 0.717) is 12.2 Å². The first-order valence-corrected chi connectivity index (χ1v) is 14.4. The van der Waals surface area contributed by atoms with E-state index in [2.05, 4.69) is 15.9 Å². The van der Waals surface area contributed by atoms with Crippen LogP contribution in [0.25, 0.3) is 0 Å². The van der Waals surface area contributed by atoms with Gasteiger partial charge < -0.3 is 23.7 Å². The van der Waals surface area contributed by atoms with E-state index in [1.807, 2.05) is 13.8 Å². The zero-order valence-electron chi connectivity index (χ0n) is 23.6. The number of esters is 1. The van der Waals surface area contributed by atoms with Gasteiger partial charge in [-0.2, -0.15) is 0 Å². The number of aliphatic hydroxyl groups excluding tert-OH is 1. The van der Waals surface area contributed by atoms with Crippen molar-refractivity contribution in [2.75, 3.05) is 13.7 Å². The van der Waals surface area contributed by atoms with Gasteiger partial charge in [0.1, 0.15) is 17.1 Å². The summed E-state index contributed by atoms with van der Waals surface area (Å²) >= 11 is 3.53. The number of cyclic esters (lactones) is 1. The van der Waals surface area contributed by atoms with Crippen molar-refractivity contribution in [1.29, 1.82) is 0 Å². The van der Waals surface area contributed by atoms with Gasteiger partial charge in [0.2, 0.25) is 0 Å². The molecular weight excluding hydrogens is 558 g/mol. The molecule has 1 aromatic heterocycles. The van der Waals surface area contributed by atoms with Gasteiger partial charge in [0.25, 0.3) is 5.91 Å². The Morgan fingerprint density at radius 2 is 1.68 bits per heavy atom. The highest BCUT2D eigenvalue weighted by molar-refractivity contribution is 9.10. The number of aliphatic hydroxyl groups is 1. The number of methoxy groups -OCH3 is 1. The van der Waals surface area contributed by atoms with E-state index in [4.69, 9.17) is 23.7 Å². The van der Waals surface area contributed by atoms with Crippen LogP contribution in [0.4, 0.5) is 4.79 Å². The van der Waals surface area contributed by atoms with Crippen LogP contribution < -0.4 is 0 Å². The molecule has 1 aliphatic rings. The summed E-state index contributed by atoms with van der Waals surface area (Å²) in [5.41, 5.74) is -0.879. The molecule has 1 saturated heterocycles. The fourth-order valence-corrected chi connectivity index (χ4v) is 5.73. The Hall–Kier alpha value is -1.91. The molecule has 2 heterocycles. The van der Waals surface area contributed by atoms with E-state index < -0.39 is 41.8 Å². The molecule has 2 rings (SSSR count). The van der Waals surface area contributed by atoms with Crippen molar-refractivity contribution in [3.63, 3.8) is 0 Å². The summed E-state index contributed by atoms with van der Waals surface area (Å²) in [6.45, 7) is 8.86. The fourth-order valence-electron chi connectivity index (χ4n) is 5.22. The van der Waals surface area contributed by atoms with Crippen LogP contribution in [-0.4, -0.2) is 59.4 Å². The van der Waals surface area contributed by atoms with E-state index in [-0.39, 0.29) is 18.3 Å². The van der Waals surface area contributed by atoms with Gasteiger partial charge in [0.15, 0.2) is 12.2 Å². The van der Waals surface area contributed by atoms with Crippen molar-refractivity contribution in [2.24, 2.45) is 5.92 Å². The third kappa shape index (κ3) is 8.55. The number of hydrogen-bond donors (Lipinski definition) is 1. The van der Waals surface area contributed by atoms with Crippen LogP contribution in [0.1, 0.15) is 104 Å². The quantitative estimate of drug-likeness (QED) is 0.178. The lowest BCUT2D eigenvalue weighted by molar-refractivity contribution is -0.165. The lowest BCUT2D eigenvalue weighted by atomic mass is 9.88. The maximum Gasteiger partial charge on any atom is 0.417 e. The van der Waals surface area contributed by atoms with E-state index in [1.165, 1.54) is 20.5 Å². The average molecular weight is 603 g/mol. The van der Waals surface area contributed by atoms with Crippen LogP contribution >= 0.6 is 15.9 Å². The number of carbonyl (C=O) groups is 3.